The highest BCUT2D eigenvalue weighted by atomic mass is 16.7. The first kappa shape index (κ1) is 20.6. The van der Waals surface area contributed by atoms with Crippen molar-refractivity contribution in [3.05, 3.63) is 60.2 Å². The van der Waals surface area contributed by atoms with Gasteiger partial charge in [-0.15, -0.1) is 0 Å². The summed E-state index contributed by atoms with van der Waals surface area (Å²) in [4.78, 5) is 34.6. The van der Waals surface area contributed by atoms with Crippen molar-refractivity contribution < 1.29 is 14.4 Å². The molecule has 30 heavy (non-hydrogen) atoms. The highest BCUT2D eigenvalue weighted by molar-refractivity contribution is 6.24. The summed E-state index contributed by atoms with van der Waals surface area (Å²) >= 11 is 0. The number of hydrogen-bond donors (Lipinski definition) is 0. The van der Waals surface area contributed by atoms with Crippen LogP contribution in [-0.4, -0.2) is 24.0 Å². The van der Waals surface area contributed by atoms with Gasteiger partial charge in [0.1, 0.15) is 0 Å². The smallest absolute Gasteiger partial charge is 0.266 e. The zero-order chi connectivity index (χ0) is 21.3. The molecule has 2 heterocycles. The molecule has 4 rings (SSSR count). The zero-order valence-corrected chi connectivity index (χ0v) is 18.0. The fraction of sp³-hybridized carbons (Fsp3) is 0.440. The third-order valence-electron chi connectivity index (χ3n) is 6.46. The second kappa shape index (κ2) is 8.60. The highest BCUT2D eigenvalue weighted by Gasteiger charge is 2.61. The van der Waals surface area contributed by atoms with Gasteiger partial charge in [-0.3, -0.25) is 14.4 Å². The van der Waals surface area contributed by atoms with Crippen LogP contribution in [0.25, 0.3) is 0 Å². The minimum absolute atomic E-state index is 0.141. The van der Waals surface area contributed by atoms with Crippen LogP contribution in [0.1, 0.15) is 45.1 Å². The fourth-order valence-corrected chi connectivity index (χ4v) is 4.87. The molecule has 0 unspecified atom stereocenters. The first-order valence-electron chi connectivity index (χ1n) is 11.0. The van der Waals surface area contributed by atoms with E-state index in [1.165, 1.54) is 4.90 Å². The zero-order valence-electron chi connectivity index (χ0n) is 18.0. The van der Waals surface area contributed by atoms with E-state index in [-0.39, 0.29) is 23.8 Å². The van der Waals surface area contributed by atoms with Crippen LogP contribution in [-0.2, 0) is 14.4 Å². The molecule has 4 atom stereocenters. The van der Waals surface area contributed by atoms with Crippen molar-refractivity contribution >= 4 is 23.2 Å². The van der Waals surface area contributed by atoms with Crippen molar-refractivity contribution in [2.45, 2.75) is 58.6 Å². The topological polar surface area (TPSA) is 49.9 Å². The lowest BCUT2D eigenvalue weighted by atomic mass is 9.82. The minimum atomic E-state index is -0.766. The van der Waals surface area contributed by atoms with Gasteiger partial charge in [0.2, 0.25) is 5.91 Å². The van der Waals surface area contributed by atoms with E-state index in [9.17, 15) is 9.59 Å². The van der Waals surface area contributed by atoms with Crippen LogP contribution in [0.5, 0.6) is 0 Å². The maximum absolute atomic E-state index is 13.6. The molecule has 2 aliphatic rings. The van der Waals surface area contributed by atoms with Crippen molar-refractivity contribution in [2.24, 2.45) is 11.8 Å². The number of benzene rings is 2. The highest BCUT2D eigenvalue weighted by Crippen LogP contribution is 2.44. The van der Waals surface area contributed by atoms with Gasteiger partial charge >= 0.3 is 0 Å². The number of rotatable bonds is 7. The number of nitrogens with zero attached hydrogens (tertiary/aromatic N) is 2. The standard InChI is InChI=1S/C25H30N2O3/c1-4-6-13-18(5-2)22-21-23(30-27(22)19-14-8-7-9-15-19)25(29)26(24(21)28)20-16-11-10-12-17(20)3/h7-12,14-16,18,21-23H,4-6,13H2,1-3H3/t18-,21-,22+,23+/m1/s1. The summed E-state index contributed by atoms with van der Waals surface area (Å²) in [6.07, 6.45) is 3.38. The van der Waals surface area contributed by atoms with Gasteiger partial charge in [0.25, 0.3) is 5.91 Å². The third-order valence-corrected chi connectivity index (χ3v) is 6.46. The Labute approximate surface area is 178 Å². The Kier molecular flexibility index (Phi) is 5.91. The molecule has 2 aliphatic heterocycles. The number of hydroxylamine groups is 1. The van der Waals surface area contributed by atoms with Gasteiger partial charge in [0.15, 0.2) is 6.10 Å². The Morgan fingerprint density at radius 2 is 1.67 bits per heavy atom. The Balaban J connectivity index is 1.73. The summed E-state index contributed by atoms with van der Waals surface area (Å²) in [7, 11) is 0. The molecular formula is C25H30N2O3. The quantitative estimate of drug-likeness (QED) is 0.614. The molecule has 2 fully saturated rings. The van der Waals surface area contributed by atoms with E-state index < -0.39 is 12.0 Å². The van der Waals surface area contributed by atoms with Crippen LogP contribution in [0.4, 0.5) is 11.4 Å². The number of para-hydroxylation sites is 2. The number of imide groups is 1. The normalized spacial score (nSPS) is 24.4. The largest absolute Gasteiger partial charge is 0.273 e. The number of anilines is 2. The van der Waals surface area contributed by atoms with Crippen molar-refractivity contribution in [3.8, 4) is 0 Å². The monoisotopic (exact) mass is 406 g/mol. The Morgan fingerprint density at radius 3 is 2.33 bits per heavy atom. The van der Waals surface area contributed by atoms with Crippen molar-refractivity contribution in [1.29, 1.82) is 0 Å². The van der Waals surface area contributed by atoms with Gasteiger partial charge in [-0.2, -0.15) is 0 Å². The van der Waals surface area contributed by atoms with Crippen LogP contribution in [0.3, 0.4) is 0 Å². The summed E-state index contributed by atoms with van der Waals surface area (Å²) in [5, 5.41) is 1.85. The van der Waals surface area contributed by atoms with Crippen molar-refractivity contribution in [2.75, 3.05) is 9.96 Å². The molecule has 0 bridgehead atoms. The van der Waals surface area contributed by atoms with Gasteiger partial charge < -0.3 is 0 Å². The number of carbonyl (C=O) groups excluding carboxylic acids is 2. The maximum atomic E-state index is 13.6. The molecular weight excluding hydrogens is 376 g/mol. The van der Waals surface area contributed by atoms with Crippen LogP contribution < -0.4 is 9.96 Å². The third kappa shape index (κ3) is 3.41. The minimum Gasteiger partial charge on any atom is -0.273 e. The molecule has 2 amide bonds. The fourth-order valence-electron chi connectivity index (χ4n) is 4.87. The number of amides is 2. The van der Waals surface area contributed by atoms with Gasteiger partial charge in [-0.05, 0) is 43.0 Å². The first-order valence-corrected chi connectivity index (χ1v) is 11.0. The summed E-state index contributed by atoms with van der Waals surface area (Å²) in [6.45, 7) is 6.27. The van der Waals surface area contributed by atoms with E-state index in [2.05, 4.69) is 13.8 Å². The van der Waals surface area contributed by atoms with E-state index in [4.69, 9.17) is 4.84 Å². The van der Waals surface area contributed by atoms with E-state index in [0.29, 0.717) is 5.69 Å². The second-order valence-corrected chi connectivity index (χ2v) is 8.31. The van der Waals surface area contributed by atoms with E-state index in [1.807, 2.05) is 66.6 Å². The number of hydrogen-bond acceptors (Lipinski definition) is 4. The molecule has 5 heteroatoms. The average Bonchev–Trinajstić information content (AvgIpc) is 3.27. The SMILES string of the molecule is CCCC[C@@H](CC)[C@H]1[C@H]2C(=O)N(c3ccccc3C)C(=O)[C@H]2ON1c1ccccc1. The summed E-state index contributed by atoms with van der Waals surface area (Å²) in [6, 6.07) is 17.2. The molecule has 2 aromatic carbocycles. The molecule has 2 aromatic rings. The molecule has 0 spiro atoms. The molecule has 0 saturated carbocycles. The Hall–Kier alpha value is -2.66. The molecule has 158 valence electrons. The number of aryl methyl sites for hydroxylation is 1. The molecule has 0 N–H and O–H groups in total. The molecule has 0 aromatic heterocycles. The van der Waals surface area contributed by atoms with Gasteiger partial charge in [0, 0.05) is 0 Å². The predicted octanol–water partition coefficient (Wildman–Crippen LogP) is 4.89. The lowest BCUT2D eigenvalue weighted by Crippen LogP contribution is -2.44. The average molecular weight is 407 g/mol. The maximum Gasteiger partial charge on any atom is 0.266 e. The van der Waals surface area contributed by atoms with Gasteiger partial charge in [0.05, 0.1) is 23.3 Å². The number of fused-ring (bicyclic) bond motifs is 1. The molecule has 2 saturated heterocycles. The van der Waals surface area contributed by atoms with Crippen LogP contribution in [0.2, 0.25) is 0 Å². The van der Waals surface area contributed by atoms with E-state index in [0.717, 1.165) is 36.9 Å². The van der Waals surface area contributed by atoms with Crippen LogP contribution >= 0.6 is 0 Å². The van der Waals surface area contributed by atoms with Crippen molar-refractivity contribution in [1.82, 2.24) is 0 Å². The molecule has 0 radical (unpaired) electrons. The molecule has 5 nitrogen and oxygen atoms in total. The van der Waals surface area contributed by atoms with Crippen LogP contribution in [0.15, 0.2) is 54.6 Å². The van der Waals surface area contributed by atoms with Crippen LogP contribution in [0, 0.1) is 18.8 Å². The second-order valence-electron chi connectivity index (χ2n) is 8.31. The number of carbonyl (C=O) groups is 2. The lowest BCUT2D eigenvalue weighted by Gasteiger charge is -2.34. The lowest BCUT2D eigenvalue weighted by molar-refractivity contribution is -0.126. The molecule has 0 aliphatic carbocycles. The number of unbranched alkanes of at least 4 members (excludes halogenated alkanes) is 1. The summed E-state index contributed by atoms with van der Waals surface area (Å²) < 4.78 is 0. The first-order chi connectivity index (χ1) is 14.6. The van der Waals surface area contributed by atoms with E-state index in [1.54, 1.807) is 0 Å². The summed E-state index contributed by atoms with van der Waals surface area (Å²) in [5.74, 6) is -0.612. The Bertz CT molecular complexity index is 914. The predicted molar refractivity (Wildman–Crippen MR) is 118 cm³/mol. The van der Waals surface area contributed by atoms with Crippen molar-refractivity contribution in [3.63, 3.8) is 0 Å². The van der Waals surface area contributed by atoms with Gasteiger partial charge in [-0.25, -0.2) is 9.96 Å². The Morgan fingerprint density at radius 1 is 0.967 bits per heavy atom. The van der Waals surface area contributed by atoms with Gasteiger partial charge in [-0.1, -0.05) is 69.5 Å². The summed E-state index contributed by atoms with van der Waals surface area (Å²) in [5.41, 5.74) is 2.47. The van der Waals surface area contributed by atoms with E-state index >= 15 is 0 Å².